The number of nitrogens with one attached hydrogen (secondary N) is 4. The predicted molar refractivity (Wildman–Crippen MR) is 168 cm³/mol. The lowest BCUT2D eigenvalue weighted by molar-refractivity contribution is -0.115. The molecule has 0 spiro atoms. The topological polar surface area (TPSA) is 134 Å². The van der Waals surface area contributed by atoms with E-state index >= 15 is 0 Å². The molecule has 0 bridgehead atoms. The van der Waals surface area contributed by atoms with Crippen molar-refractivity contribution in [1.29, 1.82) is 0 Å². The number of hydrogen-bond acceptors (Lipinski definition) is 11. The molecule has 4 aliphatic heterocycles. The van der Waals surface area contributed by atoms with Crippen molar-refractivity contribution in [3.63, 3.8) is 0 Å². The van der Waals surface area contributed by atoms with E-state index in [-0.39, 0.29) is 18.4 Å². The number of hydrogen-bond donors (Lipinski definition) is 7. The van der Waals surface area contributed by atoms with Crippen LogP contribution in [0.25, 0.3) is 0 Å². The zero-order valence-electron chi connectivity index (χ0n) is 26.4. The zero-order valence-corrected chi connectivity index (χ0v) is 26.4. The van der Waals surface area contributed by atoms with Crippen LogP contribution in [0.2, 0.25) is 0 Å². The summed E-state index contributed by atoms with van der Waals surface area (Å²) in [4.78, 5) is 6.64. The van der Waals surface area contributed by atoms with Gasteiger partial charge in [0.25, 0.3) is 0 Å². The second-order valence-corrected chi connectivity index (χ2v) is 14.9. The molecule has 240 valence electrons. The van der Waals surface area contributed by atoms with E-state index in [0.717, 1.165) is 6.42 Å². The molecule has 0 aromatic heterocycles. The second-order valence-electron chi connectivity index (χ2n) is 14.9. The largest absolute Gasteiger partial charge is 0.387 e. The maximum Gasteiger partial charge on any atom is 0.142 e. The smallest absolute Gasteiger partial charge is 0.142 e. The van der Waals surface area contributed by atoms with Crippen LogP contribution in [0.1, 0.15) is 71.3 Å². The molecule has 5 fully saturated rings. The number of ether oxygens (including phenoxy) is 1. The van der Waals surface area contributed by atoms with Crippen molar-refractivity contribution in [2.75, 3.05) is 37.6 Å². The van der Waals surface area contributed by atoms with Crippen LogP contribution in [0.3, 0.4) is 0 Å². The Morgan fingerprint density at radius 1 is 1.07 bits per heavy atom. The van der Waals surface area contributed by atoms with Gasteiger partial charge in [-0.3, -0.25) is 20.4 Å². The van der Waals surface area contributed by atoms with E-state index in [1.54, 1.807) is 0 Å². The summed E-state index contributed by atoms with van der Waals surface area (Å²) in [6.07, 6.45) is 5.83. The average molecular weight is 599 g/mol. The Kier molecular flexibility index (Phi) is 8.18. The summed E-state index contributed by atoms with van der Waals surface area (Å²) in [5, 5.41) is 36.6. The molecule has 0 radical (unpaired) electrons. The number of nitrogens with two attached hydrogens (primary N) is 1. The molecule has 43 heavy (non-hydrogen) atoms. The van der Waals surface area contributed by atoms with E-state index < -0.39 is 24.5 Å². The molecular formula is C32H54N8O3. The van der Waals surface area contributed by atoms with Gasteiger partial charge in [-0.1, -0.05) is 19.4 Å². The Bertz CT molecular complexity index is 1150. The molecule has 2 saturated carbocycles. The van der Waals surface area contributed by atoms with Crippen molar-refractivity contribution in [1.82, 2.24) is 25.3 Å². The van der Waals surface area contributed by atoms with E-state index in [1.807, 2.05) is 7.05 Å². The Hall–Kier alpha value is -1.54. The lowest BCUT2D eigenvalue weighted by Gasteiger charge is -2.46. The molecule has 0 amide bonds. The van der Waals surface area contributed by atoms with Crippen molar-refractivity contribution < 1.29 is 14.9 Å². The number of aliphatic hydroxyl groups excluding tert-OH is 2. The van der Waals surface area contributed by atoms with Gasteiger partial charge in [-0.05, 0) is 88.4 Å². The molecule has 11 heteroatoms. The van der Waals surface area contributed by atoms with Gasteiger partial charge in [-0.25, -0.2) is 4.90 Å². The van der Waals surface area contributed by atoms with Crippen LogP contribution in [-0.4, -0.2) is 113 Å². The highest BCUT2D eigenvalue weighted by molar-refractivity contribution is 5.75. The monoisotopic (exact) mass is 598 g/mol. The van der Waals surface area contributed by atoms with Crippen LogP contribution in [0, 0.1) is 5.92 Å². The molecule has 8 N–H and O–H groups in total. The molecular weight excluding hydrogens is 544 g/mol. The number of aliphatic hydroxyl groups is 2. The summed E-state index contributed by atoms with van der Waals surface area (Å²) >= 11 is 0. The molecule has 1 aromatic carbocycles. The molecule has 6 aliphatic rings. The molecule has 8 atom stereocenters. The highest BCUT2D eigenvalue weighted by atomic mass is 16.6. The van der Waals surface area contributed by atoms with Crippen LogP contribution in [0.5, 0.6) is 0 Å². The molecule has 11 nitrogen and oxygen atoms in total. The van der Waals surface area contributed by atoms with Gasteiger partial charge in [-0.2, -0.15) is 0 Å². The number of likely N-dealkylation sites (N-methyl/N-ethyl adjacent to an activating group) is 1. The summed E-state index contributed by atoms with van der Waals surface area (Å²) in [5.74, 6) is 0.711. The zero-order chi connectivity index (χ0) is 30.0. The van der Waals surface area contributed by atoms with E-state index in [4.69, 9.17) is 10.5 Å². The maximum atomic E-state index is 11.1. The number of rotatable bonds is 9. The van der Waals surface area contributed by atoms with Crippen LogP contribution in [0.4, 0.5) is 11.4 Å². The van der Waals surface area contributed by atoms with Gasteiger partial charge in [-0.15, -0.1) is 0 Å². The third kappa shape index (κ3) is 5.48. The van der Waals surface area contributed by atoms with Crippen LogP contribution < -0.4 is 27.0 Å². The Balaban J connectivity index is 0.892. The predicted octanol–water partition coefficient (Wildman–Crippen LogP) is 1.34. The van der Waals surface area contributed by atoms with E-state index in [2.05, 4.69) is 74.9 Å². The summed E-state index contributed by atoms with van der Waals surface area (Å²) in [7, 11) is 2.00. The maximum absolute atomic E-state index is 11.1. The fourth-order valence-corrected chi connectivity index (χ4v) is 8.51. The van der Waals surface area contributed by atoms with Gasteiger partial charge < -0.3 is 31.3 Å². The minimum absolute atomic E-state index is 0.0295. The normalized spacial score (nSPS) is 40.6. The SMILES string of the molecule is CC(C)N(C[C@H]1O[C@@H](N2CNC3C(N)N(C)CNC32)[C@H](O)[C@@H]1O)C1CC(CCC2Nc3ccc(C4(C)CCC4)cc3N2)C1. The van der Waals surface area contributed by atoms with Gasteiger partial charge in [0.1, 0.15) is 24.5 Å². The minimum atomic E-state index is -0.963. The standard InChI is InChI=1S/C32H54N8O3/c1-18(2)39(15-24-27(41)28(42)31(43-24)40-17-34-26-29(33)38(4)16-35-30(26)40)21-12-19(13-21)6-9-25-36-22-8-7-20(14-23(22)37-25)32(3)10-5-11-32/h7-8,14,18-19,21,24-31,34-37,41-42H,5-6,9-13,15-17,33H2,1-4H3/t19?,21?,24-,25?,26?,27-,28-,29?,30?,31-/m1/s1. The van der Waals surface area contributed by atoms with Gasteiger partial charge in [0, 0.05) is 18.6 Å². The van der Waals surface area contributed by atoms with Gasteiger partial charge in [0.05, 0.1) is 49.3 Å². The first-order chi connectivity index (χ1) is 20.6. The van der Waals surface area contributed by atoms with Crippen LogP contribution in [-0.2, 0) is 10.2 Å². The van der Waals surface area contributed by atoms with Crippen molar-refractivity contribution in [3.8, 4) is 0 Å². The first-order valence-corrected chi connectivity index (χ1v) is 16.7. The summed E-state index contributed by atoms with van der Waals surface area (Å²) in [6.45, 7) is 8.69. The third-order valence-electron chi connectivity index (χ3n) is 11.7. The quantitative estimate of drug-likeness (QED) is 0.222. The first kappa shape index (κ1) is 30.1. The first-order valence-electron chi connectivity index (χ1n) is 16.7. The Morgan fingerprint density at radius 3 is 2.56 bits per heavy atom. The summed E-state index contributed by atoms with van der Waals surface area (Å²) < 4.78 is 6.43. The fraction of sp³-hybridized carbons (Fsp3) is 0.812. The van der Waals surface area contributed by atoms with Crippen molar-refractivity contribution in [2.45, 2.75) is 132 Å². The van der Waals surface area contributed by atoms with Crippen molar-refractivity contribution in [3.05, 3.63) is 23.8 Å². The average Bonchev–Trinajstić information content (AvgIpc) is 3.63. The Morgan fingerprint density at radius 2 is 1.84 bits per heavy atom. The summed E-state index contributed by atoms with van der Waals surface area (Å²) in [5.41, 5.74) is 10.7. The van der Waals surface area contributed by atoms with Crippen molar-refractivity contribution >= 4 is 11.4 Å². The molecule has 2 aliphatic carbocycles. The number of anilines is 2. The van der Waals surface area contributed by atoms with Crippen LogP contribution >= 0.6 is 0 Å². The number of nitrogens with zero attached hydrogens (tertiary/aromatic N) is 3. The number of benzene rings is 1. The molecule has 4 heterocycles. The van der Waals surface area contributed by atoms with E-state index in [1.165, 1.54) is 55.5 Å². The highest BCUT2D eigenvalue weighted by Gasteiger charge is 2.53. The number of fused-ring (bicyclic) bond motifs is 2. The lowest BCUT2D eigenvalue weighted by Crippen LogP contribution is -2.68. The van der Waals surface area contributed by atoms with E-state index in [0.29, 0.717) is 49.5 Å². The molecule has 1 aromatic rings. The van der Waals surface area contributed by atoms with Crippen molar-refractivity contribution in [2.24, 2.45) is 11.7 Å². The fourth-order valence-electron chi connectivity index (χ4n) is 8.51. The third-order valence-corrected chi connectivity index (χ3v) is 11.7. The molecule has 3 saturated heterocycles. The molecule has 7 rings (SSSR count). The Labute approximate surface area is 256 Å². The van der Waals surface area contributed by atoms with Gasteiger partial charge >= 0.3 is 0 Å². The lowest BCUT2D eigenvalue weighted by atomic mass is 9.66. The van der Waals surface area contributed by atoms with Crippen LogP contribution in [0.15, 0.2) is 18.2 Å². The van der Waals surface area contributed by atoms with Gasteiger partial charge in [0.2, 0.25) is 0 Å². The summed E-state index contributed by atoms with van der Waals surface area (Å²) in [6, 6.07) is 7.81. The van der Waals surface area contributed by atoms with E-state index in [9.17, 15) is 10.2 Å². The minimum Gasteiger partial charge on any atom is -0.387 e. The second kappa shape index (κ2) is 11.7. The highest BCUT2D eigenvalue weighted by Crippen LogP contribution is 2.46. The van der Waals surface area contributed by atoms with Gasteiger partial charge in [0.15, 0.2) is 0 Å². The molecule has 4 unspecified atom stereocenters.